The smallest absolute Gasteiger partial charge is 0.307 e. The highest BCUT2D eigenvalue weighted by molar-refractivity contribution is 7.99. The molecule has 6 heteroatoms. The summed E-state index contributed by atoms with van der Waals surface area (Å²) >= 11 is 1.59. The molecule has 6 atom stereocenters. The number of aliphatic hydroxyl groups is 3. The SMILES string of the molecule is C[C@H]1CCC/C=C/[C@@H]2C[C@H](O)C[C@H]2[C@H](O)C(SCCCCO)CC(=O)O1. The van der Waals surface area contributed by atoms with Gasteiger partial charge in [0, 0.05) is 11.9 Å². The van der Waals surface area contributed by atoms with Gasteiger partial charge >= 0.3 is 5.97 Å². The Hall–Kier alpha value is -0.560. The summed E-state index contributed by atoms with van der Waals surface area (Å²) < 4.78 is 5.53. The first-order valence-corrected chi connectivity index (χ1v) is 11.0. The van der Waals surface area contributed by atoms with Crippen LogP contribution < -0.4 is 0 Å². The Bertz CT molecular complexity index is 455. The first-order valence-electron chi connectivity index (χ1n) is 9.96. The number of hydrogen-bond donors (Lipinski definition) is 3. The lowest BCUT2D eigenvalue weighted by molar-refractivity contribution is -0.149. The van der Waals surface area contributed by atoms with Gasteiger partial charge in [-0.3, -0.25) is 4.79 Å². The highest BCUT2D eigenvalue weighted by atomic mass is 32.2. The number of cyclic esters (lactones) is 1. The Morgan fingerprint density at radius 3 is 2.85 bits per heavy atom. The van der Waals surface area contributed by atoms with Crippen molar-refractivity contribution in [3.63, 3.8) is 0 Å². The molecule has 1 aliphatic carbocycles. The summed E-state index contributed by atoms with van der Waals surface area (Å²) in [6.45, 7) is 2.08. The number of fused-ring (bicyclic) bond motifs is 1. The van der Waals surface area contributed by atoms with Crippen LogP contribution in [0.2, 0.25) is 0 Å². The van der Waals surface area contributed by atoms with Gasteiger partial charge in [-0.25, -0.2) is 0 Å². The van der Waals surface area contributed by atoms with E-state index in [1.165, 1.54) is 0 Å². The summed E-state index contributed by atoms with van der Waals surface area (Å²) in [4.78, 5) is 12.3. The molecular weight excluding hydrogens is 352 g/mol. The van der Waals surface area contributed by atoms with Gasteiger partial charge in [0.15, 0.2) is 0 Å². The van der Waals surface area contributed by atoms with Gasteiger partial charge in [-0.1, -0.05) is 12.2 Å². The van der Waals surface area contributed by atoms with Gasteiger partial charge < -0.3 is 20.1 Å². The zero-order valence-corrected chi connectivity index (χ0v) is 16.6. The molecule has 2 aliphatic rings. The minimum atomic E-state index is -0.649. The van der Waals surface area contributed by atoms with E-state index in [4.69, 9.17) is 9.84 Å². The van der Waals surface area contributed by atoms with Crippen molar-refractivity contribution in [3.05, 3.63) is 12.2 Å². The van der Waals surface area contributed by atoms with Crippen LogP contribution in [0.4, 0.5) is 0 Å². The van der Waals surface area contributed by atoms with Crippen molar-refractivity contribution >= 4 is 17.7 Å². The van der Waals surface area contributed by atoms with Gasteiger partial charge in [0.1, 0.15) is 0 Å². The average Bonchev–Trinajstić information content (AvgIpc) is 2.96. The van der Waals surface area contributed by atoms with E-state index in [2.05, 4.69) is 12.2 Å². The molecule has 150 valence electrons. The Balaban J connectivity index is 2.11. The molecule has 0 bridgehead atoms. The molecule has 1 unspecified atom stereocenters. The average molecular weight is 387 g/mol. The lowest BCUT2D eigenvalue weighted by Gasteiger charge is -2.29. The number of allylic oxidation sites excluding steroid dienone is 2. The molecule has 3 N–H and O–H groups in total. The maximum atomic E-state index is 12.3. The quantitative estimate of drug-likeness (QED) is 0.383. The number of unbranched alkanes of at least 4 members (excludes halogenated alkanes) is 1. The maximum absolute atomic E-state index is 12.3. The molecule has 0 saturated heterocycles. The van der Waals surface area contributed by atoms with E-state index in [0.717, 1.165) is 37.9 Å². The van der Waals surface area contributed by atoms with E-state index < -0.39 is 6.10 Å². The molecule has 1 aliphatic heterocycles. The predicted molar refractivity (Wildman–Crippen MR) is 104 cm³/mol. The number of carbonyl (C=O) groups is 1. The largest absolute Gasteiger partial charge is 0.463 e. The van der Waals surface area contributed by atoms with Crippen LogP contribution in [0.5, 0.6) is 0 Å². The monoisotopic (exact) mass is 386 g/mol. The summed E-state index contributed by atoms with van der Waals surface area (Å²) in [7, 11) is 0. The fourth-order valence-electron chi connectivity index (χ4n) is 3.98. The Kier molecular flexibility index (Phi) is 9.46. The van der Waals surface area contributed by atoms with Crippen LogP contribution in [0.1, 0.15) is 58.3 Å². The van der Waals surface area contributed by atoms with Crippen LogP contribution in [0.15, 0.2) is 12.2 Å². The first kappa shape index (κ1) is 21.7. The normalized spacial score (nSPS) is 37.8. The topological polar surface area (TPSA) is 87.0 Å². The molecule has 2 rings (SSSR count). The standard InChI is InChI=1S/C20H34O5S/c1-14-7-3-2-4-8-15-11-16(22)12-17(15)20(24)18(13-19(23)25-14)26-10-6-5-9-21/h4,8,14-18,20-22,24H,2-3,5-7,9-13H2,1H3/b8-4+/t14-,15+,16-,17+,18?,20-/m0/s1. The van der Waals surface area contributed by atoms with Crippen LogP contribution in [-0.4, -0.2) is 57.2 Å². The van der Waals surface area contributed by atoms with Crippen molar-refractivity contribution in [1.29, 1.82) is 0 Å². The maximum Gasteiger partial charge on any atom is 0.307 e. The summed E-state index contributed by atoms with van der Waals surface area (Å²) in [5, 5.41) is 29.8. The second-order valence-corrected chi connectivity index (χ2v) is 8.99. The van der Waals surface area contributed by atoms with Crippen molar-refractivity contribution in [2.45, 2.75) is 81.9 Å². The van der Waals surface area contributed by atoms with Gasteiger partial charge in [0.25, 0.3) is 0 Å². The third-order valence-electron chi connectivity index (χ3n) is 5.41. The zero-order chi connectivity index (χ0) is 18.9. The zero-order valence-electron chi connectivity index (χ0n) is 15.8. The van der Waals surface area contributed by atoms with Gasteiger partial charge in [-0.05, 0) is 69.5 Å². The Morgan fingerprint density at radius 1 is 1.27 bits per heavy atom. The van der Waals surface area contributed by atoms with Gasteiger partial charge in [-0.15, -0.1) is 0 Å². The summed E-state index contributed by atoms with van der Waals surface area (Å²) in [5.41, 5.74) is 0. The van der Waals surface area contributed by atoms with E-state index >= 15 is 0 Å². The van der Waals surface area contributed by atoms with Crippen molar-refractivity contribution in [2.75, 3.05) is 12.4 Å². The fraction of sp³-hybridized carbons (Fsp3) is 0.850. The number of carbonyl (C=O) groups excluding carboxylic acids is 1. The molecule has 0 spiro atoms. The molecule has 1 heterocycles. The summed E-state index contributed by atoms with van der Waals surface area (Å²) in [5.74, 6) is 0.678. The lowest BCUT2D eigenvalue weighted by Crippen LogP contribution is -2.36. The van der Waals surface area contributed by atoms with E-state index in [1.807, 2.05) is 6.92 Å². The van der Waals surface area contributed by atoms with Gasteiger partial charge in [0.2, 0.25) is 0 Å². The molecule has 0 aromatic heterocycles. The van der Waals surface area contributed by atoms with E-state index in [-0.39, 0.29) is 48.3 Å². The molecule has 0 amide bonds. The van der Waals surface area contributed by atoms with E-state index in [9.17, 15) is 15.0 Å². The van der Waals surface area contributed by atoms with Gasteiger partial charge in [-0.2, -0.15) is 11.8 Å². The minimum Gasteiger partial charge on any atom is -0.463 e. The van der Waals surface area contributed by atoms with Crippen molar-refractivity contribution < 1.29 is 24.9 Å². The number of esters is 1. The third-order valence-corrected chi connectivity index (χ3v) is 6.81. The van der Waals surface area contributed by atoms with Crippen molar-refractivity contribution in [2.24, 2.45) is 11.8 Å². The fourth-order valence-corrected chi connectivity index (χ4v) is 5.31. The second-order valence-electron chi connectivity index (χ2n) is 7.65. The summed E-state index contributed by atoms with van der Waals surface area (Å²) in [6, 6.07) is 0. The predicted octanol–water partition coefficient (Wildman–Crippen LogP) is 2.67. The number of aliphatic hydroxyl groups excluding tert-OH is 3. The van der Waals surface area contributed by atoms with Crippen molar-refractivity contribution in [3.8, 4) is 0 Å². The highest BCUT2D eigenvalue weighted by Crippen LogP contribution is 2.39. The second kappa shape index (κ2) is 11.3. The third kappa shape index (κ3) is 6.87. The van der Waals surface area contributed by atoms with E-state index in [1.54, 1.807) is 11.8 Å². The van der Waals surface area contributed by atoms with Crippen LogP contribution in [0.25, 0.3) is 0 Å². The molecule has 0 aromatic carbocycles. The lowest BCUT2D eigenvalue weighted by atomic mass is 9.87. The molecule has 0 radical (unpaired) electrons. The van der Waals surface area contributed by atoms with Crippen LogP contribution in [0.3, 0.4) is 0 Å². The van der Waals surface area contributed by atoms with Crippen molar-refractivity contribution in [1.82, 2.24) is 0 Å². The number of thioether (sulfide) groups is 1. The molecule has 1 fully saturated rings. The molecule has 5 nitrogen and oxygen atoms in total. The number of ether oxygens (including phenoxy) is 1. The Labute approximate surface area is 161 Å². The first-order chi connectivity index (χ1) is 12.5. The minimum absolute atomic E-state index is 0.0254. The van der Waals surface area contributed by atoms with Gasteiger partial charge in [0.05, 0.1) is 24.7 Å². The number of hydrogen-bond acceptors (Lipinski definition) is 6. The molecule has 0 aromatic rings. The Morgan fingerprint density at radius 2 is 2.08 bits per heavy atom. The molecular formula is C20H34O5S. The number of rotatable bonds is 5. The molecule has 26 heavy (non-hydrogen) atoms. The highest BCUT2D eigenvalue weighted by Gasteiger charge is 2.40. The van der Waals surface area contributed by atoms with Crippen LogP contribution in [-0.2, 0) is 9.53 Å². The van der Waals surface area contributed by atoms with Crippen LogP contribution in [0, 0.1) is 11.8 Å². The summed E-state index contributed by atoms with van der Waals surface area (Å²) in [6.07, 6.45) is 8.93. The molecule has 1 saturated carbocycles. The van der Waals surface area contributed by atoms with Crippen LogP contribution >= 0.6 is 11.8 Å². The van der Waals surface area contributed by atoms with E-state index in [0.29, 0.717) is 12.8 Å².